The molecule has 0 aliphatic heterocycles. The molecule has 0 aromatic heterocycles. The van der Waals surface area contributed by atoms with Crippen LogP contribution < -0.4 is 0 Å². The van der Waals surface area contributed by atoms with Crippen LogP contribution in [0.2, 0.25) is 0 Å². The van der Waals surface area contributed by atoms with Crippen LogP contribution in [0.1, 0.15) is 53.4 Å². The Hall–Kier alpha value is -0.860. The second-order valence-electron chi connectivity index (χ2n) is 7.10. The smallest absolute Gasteiger partial charge is 0.0777 e. The van der Waals surface area contributed by atoms with Crippen LogP contribution in [0.5, 0.6) is 0 Å². The van der Waals surface area contributed by atoms with Gasteiger partial charge in [-0.1, -0.05) is 39.0 Å². The zero-order valence-corrected chi connectivity index (χ0v) is 13.2. The fourth-order valence-electron chi connectivity index (χ4n) is 3.21. The number of hydrogen-bond acceptors (Lipinski definition) is 2. The highest BCUT2D eigenvalue weighted by Crippen LogP contribution is 2.41. The summed E-state index contributed by atoms with van der Waals surface area (Å²) in [5.74, 6) is 0.548. The average Bonchev–Trinajstić information content (AvgIpc) is 2.36. The standard InChI is InChI=1S/C18H28O2/c1-12-15(10-16(19)11-17(12)20)8-7-14-6-5-9-18(3,4)13(14)2/h6-8,13,16-17,19-20H,5,9-11H2,1-4H3/b8-7-. The molecule has 3 unspecified atom stereocenters. The van der Waals surface area contributed by atoms with Crippen LogP contribution in [0.3, 0.4) is 0 Å². The number of aliphatic hydroxyl groups is 2. The molecule has 0 aromatic rings. The van der Waals surface area contributed by atoms with Gasteiger partial charge in [0.05, 0.1) is 12.2 Å². The van der Waals surface area contributed by atoms with Crippen molar-refractivity contribution in [3.8, 4) is 0 Å². The lowest BCUT2D eigenvalue weighted by molar-refractivity contribution is 0.0879. The zero-order chi connectivity index (χ0) is 14.9. The summed E-state index contributed by atoms with van der Waals surface area (Å²) in [7, 11) is 0. The maximum Gasteiger partial charge on any atom is 0.0777 e. The van der Waals surface area contributed by atoms with E-state index in [1.807, 2.05) is 6.92 Å². The Morgan fingerprint density at radius 1 is 1.25 bits per heavy atom. The van der Waals surface area contributed by atoms with E-state index in [-0.39, 0.29) is 0 Å². The van der Waals surface area contributed by atoms with E-state index in [0.717, 1.165) is 17.6 Å². The molecule has 0 saturated heterocycles. The van der Waals surface area contributed by atoms with E-state index in [1.165, 1.54) is 12.0 Å². The van der Waals surface area contributed by atoms with Crippen molar-refractivity contribution in [1.82, 2.24) is 0 Å². The predicted molar refractivity (Wildman–Crippen MR) is 83.3 cm³/mol. The van der Waals surface area contributed by atoms with Gasteiger partial charge in [-0.25, -0.2) is 0 Å². The predicted octanol–water partition coefficient (Wildman–Crippen LogP) is 3.76. The first kappa shape index (κ1) is 15.5. The first-order valence-corrected chi connectivity index (χ1v) is 7.75. The minimum Gasteiger partial charge on any atom is -0.393 e. The van der Waals surface area contributed by atoms with Gasteiger partial charge in [-0.2, -0.15) is 0 Å². The van der Waals surface area contributed by atoms with Crippen LogP contribution in [0.15, 0.2) is 34.9 Å². The molecular formula is C18H28O2. The quantitative estimate of drug-likeness (QED) is 0.806. The van der Waals surface area contributed by atoms with Gasteiger partial charge in [0, 0.05) is 6.42 Å². The molecular weight excluding hydrogens is 248 g/mol. The molecule has 0 spiro atoms. The van der Waals surface area contributed by atoms with Crippen molar-refractivity contribution in [2.45, 2.75) is 65.6 Å². The third kappa shape index (κ3) is 3.24. The Kier molecular flexibility index (Phi) is 4.55. The lowest BCUT2D eigenvalue weighted by Gasteiger charge is -2.36. The minimum atomic E-state index is -0.493. The summed E-state index contributed by atoms with van der Waals surface area (Å²) >= 11 is 0. The molecule has 0 aromatic carbocycles. The topological polar surface area (TPSA) is 40.5 Å². The summed E-state index contributed by atoms with van der Waals surface area (Å²) in [5, 5.41) is 19.7. The van der Waals surface area contributed by atoms with Gasteiger partial charge in [0.25, 0.3) is 0 Å². The van der Waals surface area contributed by atoms with Gasteiger partial charge in [-0.05, 0) is 54.2 Å². The molecule has 2 heteroatoms. The molecule has 2 aliphatic rings. The molecule has 0 amide bonds. The molecule has 3 atom stereocenters. The number of hydrogen-bond donors (Lipinski definition) is 2. The van der Waals surface area contributed by atoms with Gasteiger partial charge in [-0.15, -0.1) is 0 Å². The first-order valence-electron chi connectivity index (χ1n) is 7.75. The molecule has 0 radical (unpaired) electrons. The van der Waals surface area contributed by atoms with Crippen LogP contribution in [-0.4, -0.2) is 22.4 Å². The number of allylic oxidation sites excluding steroid dienone is 4. The molecule has 2 nitrogen and oxygen atoms in total. The highest BCUT2D eigenvalue weighted by atomic mass is 16.3. The van der Waals surface area contributed by atoms with Crippen LogP contribution in [0, 0.1) is 11.3 Å². The van der Waals surface area contributed by atoms with Gasteiger partial charge < -0.3 is 10.2 Å². The van der Waals surface area contributed by atoms with Crippen molar-refractivity contribution in [2.24, 2.45) is 11.3 Å². The van der Waals surface area contributed by atoms with E-state index in [4.69, 9.17) is 0 Å². The second-order valence-corrected chi connectivity index (χ2v) is 7.10. The summed E-state index contributed by atoms with van der Waals surface area (Å²) in [5.41, 5.74) is 3.84. The third-order valence-electron chi connectivity index (χ3n) is 5.28. The van der Waals surface area contributed by atoms with Gasteiger partial charge in [-0.3, -0.25) is 0 Å². The lowest BCUT2D eigenvalue weighted by atomic mass is 9.69. The third-order valence-corrected chi connectivity index (χ3v) is 5.28. The Morgan fingerprint density at radius 2 is 1.95 bits per heavy atom. The van der Waals surface area contributed by atoms with Gasteiger partial charge in [0.2, 0.25) is 0 Å². The largest absolute Gasteiger partial charge is 0.393 e. The van der Waals surface area contributed by atoms with Crippen LogP contribution in [-0.2, 0) is 0 Å². The van der Waals surface area contributed by atoms with Gasteiger partial charge in [0.15, 0.2) is 0 Å². The maximum absolute atomic E-state index is 9.92. The van der Waals surface area contributed by atoms with E-state index in [2.05, 4.69) is 39.0 Å². The first-order chi connectivity index (χ1) is 9.31. The van der Waals surface area contributed by atoms with Crippen LogP contribution in [0.25, 0.3) is 0 Å². The minimum absolute atomic E-state index is 0.351. The second kappa shape index (κ2) is 5.87. The van der Waals surface area contributed by atoms with Crippen molar-refractivity contribution in [2.75, 3.05) is 0 Å². The highest BCUT2D eigenvalue weighted by Gasteiger charge is 2.30. The fraction of sp³-hybridized carbons (Fsp3) is 0.667. The van der Waals surface area contributed by atoms with Crippen molar-refractivity contribution in [1.29, 1.82) is 0 Å². The Balaban J connectivity index is 2.17. The Morgan fingerprint density at radius 3 is 2.65 bits per heavy atom. The molecule has 0 heterocycles. The van der Waals surface area contributed by atoms with Gasteiger partial charge >= 0.3 is 0 Å². The monoisotopic (exact) mass is 276 g/mol. The highest BCUT2D eigenvalue weighted by molar-refractivity contribution is 5.36. The van der Waals surface area contributed by atoms with E-state index in [9.17, 15) is 10.2 Å². The van der Waals surface area contributed by atoms with Gasteiger partial charge in [0.1, 0.15) is 0 Å². The summed E-state index contributed by atoms with van der Waals surface area (Å²) in [6, 6.07) is 0. The average molecular weight is 276 g/mol. The molecule has 0 fully saturated rings. The van der Waals surface area contributed by atoms with Crippen molar-refractivity contribution >= 4 is 0 Å². The van der Waals surface area contributed by atoms with Crippen LogP contribution in [0.4, 0.5) is 0 Å². The Labute approximate surface area is 122 Å². The summed E-state index contributed by atoms with van der Waals surface area (Å²) < 4.78 is 0. The fourth-order valence-corrected chi connectivity index (χ4v) is 3.21. The summed E-state index contributed by atoms with van der Waals surface area (Å²) in [6.45, 7) is 8.92. The van der Waals surface area contributed by atoms with Crippen molar-refractivity contribution < 1.29 is 10.2 Å². The van der Waals surface area contributed by atoms with E-state index in [1.54, 1.807) is 0 Å². The molecule has 0 saturated carbocycles. The number of rotatable bonds is 2. The van der Waals surface area contributed by atoms with E-state index < -0.39 is 12.2 Å². The lowest BCUT2D eigenvalue weighted by Crippen LogP contribution is -2.26. The Bertz CT molecular complexity index is 454. The molecule has 112 valence electrons. The normalized spacial score (nSPS) is 34.5. The summed E-state index contributed by atoms with van der Waals surface area (Å²) in [6.07, 6.45) is 9.22. The van der Waals surface area contributed by atoms with E-state index in [0.29, 0.717) is 24.2 Å². The van der Waals surface area contributed by atoms with E-state index >= 15 is 0 Å². The molecule has 2 N–H and O–H groups in total. The number of aliphatic hydroxyl groups excluding tert-OH is 2. The summed E-state index contributed by atoms with van der Waals surface area (Å²) in [4.78, 5) is 0. The molecule has 2 aliphatic carbocycles. The SMILES string of the molecule is CC1=C(/C=C\C2=CCCC(C)(C)C2C)CC(O)CC1O. The van der Waals surface area contributed by atoms with Crippen molar-refractivity contribution in [3.05, 3.63) is 34.9 Å². The van der Waals surface area contributed by atoms with Crippen LogP contribution >= 0.6 is 0 Å². The zero-order valence-electron chi connectivity index (χ0n) is 13.2. The molecule has 20 heavy (non-hydrogen) atoms. The molecule has 2 rings (SSSR count). The van der Waals surface area contributed by atoms with Crippen molar-refractivity contribution in [3.63, 3.8) is 0 Å². The molecule has 0 bridgehead atoms. The maximum atomic E-state index is 9.92.